The monoisotopic (exact) mass is 575 g/mol. The topological polar surface area (TPSA) is 0 Å². The molecule has 0 amide bonds. The molecule has 0 saturated heterocycles. The van der Waals surface area contributed by atoms with E-state index in [2.05, 4.69) is 32.9 Å². The van der Waals surface area contributed by atoms with Crippen LogP contribution >= 0.6 is 0 Å². The third-order valence-electron chi connectivity index (χ3n) is 9.51. The molecule has 0 N–H and O–H groups in total. The average molecular weight is 575 g/mol. The molecule has 0 rings (SSSR count). The first-order valence-electron chi connectivity index (χ1n) is 20.0. The zero-order valence-electron chi connectivity index (χ0n) is 29.5. The molecule has 0 spiro atoms. The van der Waals surface area contributed by atoms with Crippen molar-refractivity contribution in [2.45, 2.75) is 245 Å². The Bertz CT molecular complexity index is 463. The molecule has 246 valence electrons. The van der Waals surface area contributed by atoms with Crippen molar-refractivity contribution in [3.05, 3.63) is 12.2 Å². The van der Waals surface area contributed by atoms with Crippen molar-refractivity contribution >= 4 is 0 Å². The molecule has 0 bridgehead atoms. The minimum atomic E-state index is 0.959. The minimum absolute atomic E-state index is 0.959. The predicted octanol–water partition coefficient (Wildman–Crippen LogP) is 15.9. The van der Waals surface area contributed by atoms with Crippen molar-refractivity contribution in [3.8, 4) is 0 Å². The van der Waals surface area contributed by atoms with E-state index in [0.717, 1.165) is 5.92 Å². The Hall–Kier alpha value is -0.260. The van der Waals surface area contributed by atoms with Gasteiger partial charge in [0.15, 0.2) is 0 Å². The van der Waals surface area contributed by atoms with E-state index in [0.29, 0.717) is 0 Å². The molecule has 0 aromatic heterocycles. The summed E-state index contributed by atoms with van der Waals surface area (Å²) in [5.74, 6) is 0.959. The molecule has 0 nitrogen and oxygen atoms in total. The molecule has 0 heteroatoms. The van der Waals surface area contributed by atoms with Crippen molar-refractivity contribution in [1.29, 1.82) is 0 Å². The summed E-state index contributed by atoms with van der Waals surface area (Å²) in [5, 5.41) is 0. The van der Waals surface area contributed by atoms with Gasteiger partial charge in [0.25, 0.3) is 0 Å². The quantitative estimate of drug-likeness (QED) is 0.0515. The van der Waals surface area contributed by atoms with Gasteiger partial charge in [0.1, 0.15) is 0 Å². The molecule has 0 fully saturated rings. The normalized spacial score (nSPS) is 12.6. The van der Waals surface area contributed by atoms with E-state index in [1.807, 2.05) is 0 Å². The maximum atomic E-state index is 2.50. The highest BCUT2D eigenvalue weighted by molar-refractivity contribution is 4.81. The summed E-state index contributed by atoms with van der Waals surface area (Å²) in [6.45, 7) is 7.12. The van der Waals surface area contributed by atoms with Gasteiger partial charge in [-0.15, -0.1) is 0 Å². The standard InChI is InChI=1S/C41H82/c1-4-6-8-10-12-14-16-17-18-19-20-21-22-23-24-25-26-27-28-29-30-32-34-36-38-40-41(3)39-37-35-33-31-15-13-11-9-7-5-2/h25-26,41H,4-24,27-40H2,1-3H3. The van der Waals surface area contributed by atoms with Crippen LogP contribution in [0.25, 0.3) is 0 Å². The lowest BCUT2D eigenvalue weighted by Gasteiger charge is -2.11. The van der Waals surface area contributed by atoms with Gasteiger partial charge in [-0.1, -0.05) is 232 Å². The van der Waals surface area contributed by atoms with Crippen LogP contribution in [0.15, 0.2) is 12.2 Å². The van der Waals surface area contributed by atoms with E-state index in [4.69, 9.17) is 0 Å². The SMILES string of the molecule is CCCCCCCCCCCCCCCCC=CCCCCCCCCCC(C)CCCCCCCCCCCC. The zero-order valence-corrected chi connectivity index (χ0v) is 29.5. The molecule has 41 heavy (non-hydrogen) atoms. The fraction of sp³-hybridized carbons (Fsp3) is 0.951. The van der Waals surface area contributed by atoms with E-state index in [-0.39, 0.29) is 0 Å². The Morgan fingerprint density at radius 2 is 0.512 bits per heavy atom. The summed E-state index contributed by atoms with van der Waals surface area (Å²) in [6, 6.07) is 0. The number of rotatable bonds is 36. The van der Waals surface area contributed by atoms with Crippen LogP contribution in [0.4, 0.5) is 0 Å². The van der Waals surface area contributed by atoms with Gasteiger partial charge >= 0.3 is 0 Å². The second-order valence-corrected chi connectivity index (χ2v) is 14.0. The summed E-state index contributed by atoms with van der Waals surface area (Å²) in [5.41, 5.74) is 0. The molecular formula is C41H82. The average Bonchev–Trinajstić information content (AvgIpc) is 2.98. The molecule has 0 aliphatic rings. The van der Waals surface area contributed by atoms with Gasteiger partial charge in [-0.2, -0.15) is 0 Å². The van der Waals surface area contributed by atoms with Crippen molar-refractivity contribution in [2.75, 3.05) is 0 Å². The summed E-state index contributed by atoms with van der Waals surface area (Å²) in [4.78, 5) is 0. The maximum Gasteiger partial charge on any atom is -0.0351 e. The molecule has 1 atom stereocenters. The highest BCUT2D eigenvalue weighted by Gasteiger charge is 2.02. The second kappa shape index (κ2) is 37.8. The van der Waals surface area contributed by atoms with Crippen LogP contribution in [-0.4, -0.2) is 0 Å². The fourth-order valence-electron chi connectivity index (χ4n) is 6.46. The lowest BCUT2D eigenvalue weighted by atomic mass is 9.95. The minimum Gasteiger partial charge on any atom is -0.0885 e. The first kappa shape index (κ1) is 40.7. The molecule has 0 aliphatic heterocycles. The number of hydrogen-bond acceptors (Lipinski definition) is 0. The fourth-order valence-corrected chi connectivity index (χ4v) is 6.46. The smallest absolute Gasteiger partial charge is 0.0351 e. The van der Waals surface area contributed by atoms with Gasteiger partial charge in [0, 0.05) is 0 Å². The van der Waals surface area contributed by atoms with Gasteiger partial charge < -0.3 is 0 Å². The van der Waals surface area contributed by atoms with Crippen molar-refractivity contribution in [1.82, 2.24) is 0 Å². The number of unbranched alkanes of at least 4 members (excludes halogenated alkanes) is 30. The van der Waals surface area contributed by atoms with Gasteiger partial charge in [0.05, 0.1) is 0 Å². The highest BCUT2D eigenvalue weighted by atomic mass is 14.1. The molecule has 0 aromatic rings. The van der Waals surface area contributed by atoms with Crippen LogP contribution in [0.5, 0.6) is 0 Å². The van der Waals surface area contributed by atoms with E-state index < -0.39 is 0 Å². The molecular weight excluding hydrogens is 492 g/mol. The number of allylic oxidation sites excluding steroid dienone is 2. The number of hydrogen-bond donors (Lipinski definition) is 0. The Morgan fingerprint density at radius 3 is 0.780 bits per heavy atom. The van der Waals surface area contributed by atoms with Crippen LogP contribution < -0.4 is 0 Å². The summed E-state index contributed by atoms with van der Waals surface area (Å²) < 4.78 is 0. The Kier molecular flexibility index (Phi) is 37.5. The van der Waals surface area contributed by atoms with E-state index in [1.165, 1.54) is 225 Å². The van der Waals surface area contributed by atoms with Crippen LogP contribution in [0.2, 0.25) is 0 Å². The molecule has 0 aliphatic carbocycles. The molecule has 0 radical (unpaired) electrons. The summed E-state index contributed by atoms with van der Waals surface area (Å²) in [6.07, 6.45) is 55.8. The predicted molar refractivity (Wildman–Crippen MR) is 191 cm³/mol. The van der Waals surface area contributed by atoms with E-state index >= 15 is 0 Å². The lowest BCUT2D eigenvalue weighted by Crippen LogP contribution is -1.95. The van der Waals surface area contributed by atoms with Gasteiger partial charge in [-0.25, -0.2) is 0 Å². The summed E-state index contributed by atoms with van der Waals surface area (Å²) in [7, 11) is 0. The first-order chi connectivity index (χ1) is 20.3. The third-order valence-corrected chi connectivity index (χ3v) is 9.51. The highest BCUT2D eigenvalue weighted by Crippen LogP contribution is 2.19. The molecule has 0 saturated carbocycles. The van der Waals surface area contributed by atoms with Gasteiger partial charge in [-0.05, 0) is 31.6 Å². The van der Waals surface area contributed by atoms with Crippen LogP contribution in [-0.2, 0) is 0 Å². The lowest BCUT2D eigenvalue weighted by molar-refractivity contribution is 0.430. The van der Waals surface area contributed by atoms with E-state index in [9.17, 15) is 0 Å². The van der Waals surface area contributed by atoms with Crippen molar-refractivity contribution in [3.63, 3.8) is 0 Å². The largest absolute Gasteiger partial charge is 0.0885 e. The van der Waals surface area contributed by atoms with Crippen molar-refractivity contribution < 1.29 is 0 Å². The van der Waals surface area contributed by atoms with Gasteiger partial charge in [-0.3, -0.25) is 0 Å². The second-order valence-electron chi connectivity index (χ2n) is 14.0. The van der Waals surface area contributed by atoms with E-state index in [1.54, 1.807) is 0 Å². The van der Waals surface area contributed by atoms with Crippen LogP contribution in [0, 0.1) is 5.92 Å². The third kappa shape index (κ3) is 37.7. The Labute approximate surface area is 263 Å². The maximum absolute atomic E-state index is 2.50. The zero-order chi connectivity index (χ0) is 29.7. The van der Waals surface area contributed by atoms with Crippen LogP contribution in [0.3, 0.4) is 0 Å². The summed E-state index contributed by atoms with van der Waals surface area (Å²) >= 11 is 0. The van der Waals surface area contributed by atoms with Crippen LogP contribution in [0.1, 0.15) is 245 Å². The Balaban J connectivity index is 3.17. The molecule has 1 unspecified atom stereocenters. The van der Waals surface area contributed by atoms with Crippen molar-refractivity contribution in [2.24, 2.45) is 5.92 Å². The molecule has 0 aromatic carbocycles. The molecule has 0 heterocycles. The Morgan fingerprint density at radius 1 is 0.293 bits per heavy atom. The first-order valence-corrected chi connectivity index (χ1v) is 20.0. The van der Waals surface area contributed by atoms with Gasteiger partial charge in [0.2, 0.25) is 0 Å².